The van der Waals surface area contributed by atoms with Crippen molar-refractivity contribution >= 4 is 55.2 Å². The summed E-state index contributed by atoms with van der Waals surface area (Å²) in [5.74, 6) is -2.60. The Bertz CT molecular complexity index is 1770. The molecule has 41 heavy (non-hydrogen) atoms. The van der Waals surface area contributed by atoms with Crippen LogP contribution in [0.1, 0.15) is 36.2 Å². The Kier molecular flexibility index (Phi) is 6.86. The van der Waals surface area contributed by atoms with Gasteiger partial charge in [-0.2, -0.15) is 0 Å². The van der Waals surface area contributed by atoms with Crippen LogP contribution < -0.4 is 20.4 Å². The molecule has 1 unspecified atom stereocenters. The molecule has 1 saturated heterocycles. The van der Waals surface area contributed by atoms with E-state index in [0.717, 1.165) is 18.9 Å². The molecule has 0 bridgehead atoms. The number of carboxylic acid groups (broad SMARTS) is 1. The molecule has 13 heteroatoms. The number of aromatic carboxylic acids is 1. The van der Waals surface area contributed by atoms with Crippen LogP contribution in [-0.2, 0) is 4.79 Å². The summed E-state index contributed by atoms with van der Waals surface area (Å²) in [6.07, 6.45) is 2.96. The van der Waals surface area contributed by atoms with E-state index in [1.807, 2.05) is 16.7 Å². The Hall–Kier alpha value is -4.10. The average molecular weight is 584 g/mol. The van der Waals surface area contributed by atoms with Crippen LogP contribution in [0.3, 0.4) is 0 Å². The Labute approximate surface area is 236 Å². The molecule has 4 aromatic rings. The number of nitrogens with zero attached hydrogens (tertiary/aromatic N) is 4. The summed E-state index contributed by atoms with van der Waals surface area (Å²) in [6, 6.07) is 5.61. The van der Waals surface area contributed by atoms with E-state index in [1.165, 1.54) is 30.7 Å². The van der Waals surface area contributed by atoms with Crippen LogP contribution in [0, 0.1) is 11.6 Å². The summed E-state index contributed by atoms with van der Waals surface area (Å²) in [6.45, 7) is 3.20. The summed E-state index contributed by atoms with van der Waals surface area (Å²) in [7, 11) is 1.41. The minimum absolute atomic E-state index is 0.00427. The Morgan fingerprint density at radius 1 is 1.22 bits per heavy atom. The molecule has 2 fully saturated rings. The number of carbonyl (C=O) groups is 2. The molecule has 0 radical (unpaired) electrons. The maximum atomic E-state index is 15.7. The van der Waals surface area contributed by atoms with Crippen LogP contribution in [0.5, 0.6) is 5.75 Å². The largest absolute Gasteiger partial charge is 0.492 e. The van der Waals surface area contributed by atoms with Gasteiger partial charge in [-0.3, -0.25) is 14.5 Å². The van der Waals surface area contributed by atoms with Gasteiger partial charge in [0.25, 0.3) is 0 Å². The zero-order chi connectivity index (χ0) is 29.0. The lowest BCUT2D eigenvalue weighted by Crippen LogP contribution is -2.54. The normalized spacial score (nSPS) is 17.8. The molecule has 214 valence electrons. The maximum absolute atomic E-state index is 15.7. The first-order chi connectivity index (χ1) is 19.7. The van der Waals surface area contributed by atoms with Gasteiger partial charge in [-0.1, -0.05) is 17.4 Å². The number of carbonyl (C=O) groups excluding carboxylic acids is 1. The number of rotatable bonds is 7. The zero-order valence-electron chi connectivity index (χ0n) is 22.3. The summed E-state index contributed by atoms with van der Waals surface area (Å²) >= 11 is 1.20. The van der Waals surface area contributed by atoms with Crippen LogP contribution in [0.4, 0.5) is 19.6 Å². The van der Waals surface area contributed by atoms with Gasteiger partial charge < -0.3 is 24.6 Å². The number of piperazine rings is 1. The first-order valence-electron chi connectivity index (χ1n) is 13.2. The van der Waals surface area contributed by atoms with Gasteiger partial charge >= 0.3 is 5.97 Å². The standard InChI is InChI=1S/C28H27F2N5O5S/c1-14-11-34(9-8-33(14)13-21(36)31-28-32-22-18(29)4-3-5-20(22)41-28)24-19(30)10-16-23(26(24)40-2)35(15-6-7-15)12-17(25(16)37)27(38)39/h3-5,10,12,14-15H,6-9,11,13H2,1-2H3,(H,38,39)(H,31,32,36). The summed E-state index contributed by atoms with van der Waals surface area (Å²) in [5, 5.41) is 12.6. The monoisotopic (exact) mass is 583 g/mol. The minimum Gasteiger partial charge on any atom is -0.492 e. The van der Waals surface area contributed by atoms with E-state index in [9.17, 15) is 23.9 Å². The predicted octanol–water partition coefficient (Wildman–Crippen LogP) is 4.08. The highest BCUT2D eigenvalue weighted by atomic mass is 32.1. The van der Waals surface area contributed by atoms with E-state index in [2.05, 4.69) is 10.3 Å². The number of pyridine rings is 1. The molecule has 10 nitrogen and oxygen atoms in total. The van der Waals surface area contributed by atoms with E-state index in [4.69, 9.17) is 4.74 Å². The fraction of sp³-hybridized carbons (Fsp3) is 0.357. The number of carboxylic acids is 1. The van der Waals surface area contributed by atoms with Crippen molar-refractivity contribution in [3.05, 3.63) is 57.9 Å². The smallest absolute Gasteiger partial charge is 0.341 e. The minimum atomic E-state index is -1.36. The second-order valence-corrected chi connectivity index (χ2v) is 11.4. The highest BCUT2D eigenvalue weighted by molar-refractivity contribution is 7.22. The van der Waals surface area contributed by atoms with Crippen LogP contribution in [0.15, 0.2) is 35.3 Å². The number of amides is 1. The molecular weight excluding hydrogens is 556 g/mol. The van der Waals surface area contributed by atoms with Crippen molar-refractivity contribution in [2.75, 3.05) is 43.5 Å². The lowest BCUT2D eigenvalue weighted by molar-refractivity contribution is -0.117. The van der Waals surface area contributed by atoms with Gasteiger partial charge in [0.2, 0.25) is 11.3 Å². The number of fused-ring (bicyclic) bond motifs is 2. The Balaban J connectivity index is 1.24. The average Bonchev–Trinajstić information content (AvgIpc) is 3.69. The van der Waals surface area contributed by atoms with Crippen molar-refractivity contribution in [1.29, 1.82) is 0 Å². The number of benzene rings is 2. The van der Waals surface area contributed by atoms with Crippen LogP contribution in [0.25, 0.3) is 21.1 Å². The number of ether oxygens (including phenoxy) is 1. The Morgan fingerprint density at radius 2 is 2.00 bits per heavy atom. The predicted molar refractivity (Wildman–Crippen MR) is 151 cm³/mol. The first-order valence-corrected chi connectivity index (χ1v) is 14.0. The summed E-state index contributed by atoms with van der Waals surface area (Å²) < 4.78 is 37.7. The second-order valence-electron chi connectivity index (χ2n) is 10.4. The molecule has 1 atom stereocenters. The molecule has 2 N–H and O–H groups in total. The molecule has 2 aliphatic rings. The van der Waals surface area contributed by atoms with Crippen molar-refractivity contribution in [2.45, 2.75) is 31.8 Å². The molecule has 1 aliphatic heterocycles. The third kappa shape index (κ3) is 4.88. The van der Waals surface area contributed by atoms with Crippen molar-refractivity contribution in [2.24, 2.45) is 0 Å². The third-order valence-electron chi connectivity index (χ3n) is 7.62. The van der Waals surface area contributed by atoms with Crippen molar-refractivity contribution in [3.63, 3.8) is 0 Å². The van der Waals surface area contributed by atoms with E-state index < -0.39 is 28.6 Å². The topological polar surface area (TPSA) is 117 Å². The fourth-order valence-electron chi connectivity index (χ4n) is 5.47. The molecule has 1 amide bonds. The molecule has 2 aromatic heterocycles. The third-order valence-corrected chi connectivity index (χ3v) is 8.55. The number of thiazole rings is 1. The number of hydrogen-bond acceptors (Lipinski definition) is 8. The highest BCUT2D eigenvalue weighted by Gasteiger charge is 2.33. The lowest BCUT2D eigenvalue weighted by Gasteiger charge is -2.41. The molecule has 6 rings (SSSR count). The number of aromatic nitrogens is 2. The van der Waals surface area contributed by atoms with Gasteiger partial charge in [-0.15, -0.1) is 0 Å². The van der Waals surface area contributed by atoms with Crippen LogP contribution >= 0.6 is 11.3 Å². The maximum Gasteiger partial charge on any atom is 0.341 e. The molecule has 3 heterocycles. The first kappa shape index (κ1) is 27.1. The number of nitrogens with one attached hydrogen (secondary N) is 1. The zero-order valence-corrected chi connectivity index (χ0v) is 23.1. The highest BCUT2D eigenvalue weighted by Crippen LogP contribution is 2.44. The van der Waals surface area contributed by atoms with Gasteiger partial charge in [0.05, 0.1) is 29.3 Å². The second kappa shape index (κ2) is 10.4. The number of methoxy groups -OCH3 is 1. The number of halogens is 2. The molecule has 2 aromatic carbocycles. The molecular formula is C28H27F2N5O5S. The summed E-state index contributed by atoms with van der Waals surface area (Å²) in [5.41, 5.74) is -0.372. The quantitative estimate of drug-likeness (QED) is 0.334. The van der Waals surface area contributed by atoms with E-state index in [1.54, 1.807) is 16.7 Å². The molecule has 1 aliphatic carbocycles. The van der Waals surface area contributed by atoms with Gasteiger partial charge in [0.15, 0.2) is 16.7 Å². The number of para-hydroxylation sites is 1. The molecule has 1 saturated carbocycles. The molecule has 0 spiro atoms. The van der Waals surface area contributed by atoms with Gasteiger partial charge in [-0.05, 0) is 38.0 Å². The van der Waals surface area contributed by atoms with Crippen molar-refractivity contribution in [3.8, 4) is 5.75 Å². The van der Waals surface area contributed by atoms with Gasteiger partial charge in [0, 0.05) is 37.9 Å². The van der Waals surface area contributed by atoms with Crippen molar-refractivity contribution in [1.82, 2.24) is 14.5 Å². The van der Waals surface area contributed by atoms with Crippen LogP contribution in [0.2, 0.25) is 0 Å². The van der Waals surface area contributed by atoms with E-state index >= 15 is 4.39 Å². The summed E-state index contributed by atoms with van der Waals surface area (Å²) in [4.78, 5) is 45.5. The van der Waals surface area contributed by atoms with Crippen LogP contribution in [-0.4, -0.2) is 70.8 Å². The number of anilines is 2. The lowest BCUT2D eigenvalue weighted by atomic mass is 10.1. The van der Waals surface area contributed by atoms with E-state index in [0.29, 0.717) is 35.0 Å². The Morgan fingerprint density at radius 3 is 2.66 bits per heavy atom. The van der Waals surface area contributed by atoms with Gasteiger partial charge in [0.1, 0.15) is 22.6 Å². The van der Waals surface area contributed by atoms with Crippen molar-refractivity contribution < 1.29 is 28.2 Å². The van der Waals surface area contributed by atoms with E-state index in [-0.39, 0.29) is 46.9 Å². The van der Waals surface area contributed by atoms with Gasteiger partial charge in [-0.25, -0.2) is 18.6 Å². The SMILES string of the molecule is COc1c(N2CCN(CC(=O)Nc3nc4c(F)cccc4s3)C(C)C2)c(F)cc2c(=O)c(C(=O)O)cn(C3CC3)c12. The fourth-order valence-corrected chi connectivity index (χ4v) is 6.37. The number of hydrogen-bond donors (Lipinski definition) is 2.